The fraction of sp³-hybridized carbons (Fsp3) is 0.806. The van der Waals surface area contributed by atoms with Crippen molar-refractivity contribution < 1.29 is 23.7 Å². The van der Waals surface area contributed by atoms with Crippen LogP contribution in [0.15, 0.2) is 30.3 Å². The number of hydrogen-bond acceptors (Lipinski definition) is 7. The monoisotopic (exact) mass is 530 g/mol. The van der Waals surface area contributed by atoms with Gasteiger partial charge in [0.1, 0.15) is 5.60 Å². The molecule has 1 aromatic rings. The molecule has 4 aliphatic heterocycles. The van der Waals surface area contributed by atoms with Gasteiger partial charge in [-0.05, 0) is 67.9 Å². The van der Waals surface area contributed by atoms with Crippen LogP contribution in [0.2, 0.25) is 0 Å². The molecule has 0 aromatic heterocycles. The Labute approximate surface area is 229 Å². The van der Waals surface area contributed by atoms with E-state index in [1.165, 1.54) is 0 Å². The fourth-order valence-corrected chi connectivity index (χ4v) is 7.77. The normalized spacial score (nSPS) is 33.8. The summed E-state index contributed by atoms with van der Waals surface area (Å²) in [5.41, 5.74) is -0.698. The number of nitrogens with one attached hydrogen (secondary N) is 2. The lowest BCUT2D eigenvalue weighted by atomic mass is 9.66. The molecule has 38 heavy (non-hydrogen) atoms. The smallest absolute Gasteiger partial charge is 0.200 e. The van der Waals surface area contributed by atoms with Gasteiger partial charge < -0.3 is 34.3 Å². The van der Waals surface area contributed by atoms with Crippen LogP contribution in [0.25, 0.3) is 0 Å². The summed E-state index contributed by atoms with van der Waals surface area (Å²) in [7, 11) is 0. The van der Waals surface area contributed by atoms with Crippen LogP contribution in [0.5, 0.6) is 0 Å². The van der Waals surface area contributed by atoms with Crippen LogP contribution in [-0.2, 0) is 30.3 Å². The molecule has 0 amide bonds. The SMILES string of the molecule is CC1(C)CC2(CC(C)(C)N1)OCC1(CO2)COC2(CC(C)(C)NC(C)(C)C2(C)OCc2ccccc2)OC1. The summed E-state index contributed by atoms with van der Waals surface area (Å²) in [4.78, 5) is 0. The van der Waals surface area contributed by atoms with Crippen LogP contribution < -0.4 is 10.6 Å². The van der Waals surface area contributed by atoms with E-state index < -0.39 is 22.7 Å². The van der Waals surface area contributed by atoms with E-state index in [0.717, 1.165) is 18.4 Å². The Balaban J connectivity index is 1.34. The van der Waals surface area contributed by atoms with Crippen molar-refractivity contribution in [2.24, 2.45) is 5.41 Å². The lowest BCUT2D eigenvalue weighted by Crippen LogP contribution is -2.81. The van der Waals surface area contributed by atoms with Crippen LogP contribution >= 0.6 is 0 Å². The molecule has 2 N–H and O–H groups in total. The first-order valence-electron chi connectivity index (χ1n) is 14.3. The number of piperidine rings is 2. The van der Waals surface area contributed by atoms with Gasteiger partial charge in [-0.1, -0.05) is 30.3 Å². The first-order valence-corrected chi connectivity index (χ1v) is 14.3. The molecular weight excluding hydrogens is 480 g/mol. The molecule has 7 heteroatoms. The molecule has 4 saturated heterocycles. The van der Waals surface area contributed by atoms with Crippen LogP contribution in [-0.4, -0.2) is 65.8 Å². The van der Waals surface area contributed by atoms with Gasteiger partial charge in [0.05, 0.1) is 38.4 Å². The highest BCUT2D eigenvalue weighted by atomic mass is 16.7. The van der Waals surface area contributed by atoms with Crippen LogP contribution in [0, 0.1) is 5.41 Å². The van der Waals surface area contributed by atoms with Crippen LogP contribution in [0.4, 0.5) is 0 Å². The molecule has 3 spiro atoms. The Morgan fingerprint density at radius 2 is 1.16 bits per heavy atom. The summed E-state index contributed by atoms with van der Waals surface area (Å²) in [5, 5.41) is 7.55. The average molecular weight is 531 g/mol. The van der Waals surface area contributed by atoms with Crippen molar-refractivity contribution in [3.8, 4) is 0 Å². The quantitative estimate of drug-likeness (QED) is 0.575. The predicted molar refractivity (Wildman–Crippen MR) is 148 cm³/mol. The topological polar surface area (TPSA) is 70.2 Å². The maximum atomic E-state index is 6.87. The van der Waals surface area contributed by atoms with Gasteiger partial charge in [0.15, 0.2) is 5.79 Å². The van der Waals surface area contributed by atoms with E-state index in [1.54, 1.807) is 0 Å². The van der Waals surface area contributed by atoms with E-state index in [0.29, 0.717) is 39.5 Å². The van der Waals surface area contributed by atoms with Gasteiger partial charge in [0.2, 0.25) is 5.79 Å². The zero-order valence-electron chi connectivity index (χ0n) is 25.1. The number of ether oxygens (including phenoxy) is 5. The zero-order valence-corrected chi connectivity index (χ0v) is 25.1. The minimum atomic E-state index is -0.904. The first kappa shape index (κ1) is 28.5. The molecule has 1 unspecified atom stereocenters. The van der Waals surface area contributed by atoms with E-state index in [2.05, 4.69) is 85.1 Å². The van der Waals surface area contributed by atoms with Crippen molar-refractivity contribution in [3.63, 3.8) is 0 Å². The van der Waals surface area contributed by atoms with E-state index in [9.17, 15) is 0 Å². The van der Waals surface area contributed by atoms with Crippen molar-refractivity contribution in [2.45, 2.75) is 128 Å². The summed E-state index contributed by atoms with van der Waals surface area (Å²) in [5.74, 6) is -1.48. The second kappa shape index (κ2) is 8.97. The Morgan fingerprint density at radius 3 is 1.71 bits per heavy atom. The Bertz CT molecular complexity index is 984. The lowest BCUT2D eigenvalue weighted by Gasteiger charge is -2.65. The molecule has 0 saturated carbocycles. The van der Waals surface area contributed by atoms with Crippen molar-refractivity contribution in [1.29, 1.82) is 0 Å². The highest BCUT2D eigenvalue weighted by Crippen LogP contribution is 2.53. The van der Waals surface area contributed by atoms with E-state index in [4.69, 9.17) is 23.7 Å². The molecule has 4 fully saturated rings. The first-order chi connectivity index (χ1) is 17.4. The van der Waals surface area contributed by atoms with E-state index in [1.807, 2.05) is 18.2 Å². The second-order valence-corrected chi connectivity index (χ2v) is 15.2. The number of benzene rings is 1. The van der Waals surface area contributed by atoms with Gasteiger partial charge in [-0.2, -0.15) is 0 Å². The van der Waals surface area contributed by atoms with Crippen molar-refractivity contribution in [3.05, 3.63) is 35.9 Å². The van der Waals surface area contributed by atoms with Crippen LogP contribution in [0.1, 0.15) is 87.1 Å². The molecule has 4 aliphatic rings. The van der Waals surface area contributed by atoms with Gasteiger partial charge in [0.25, 0.3) is 0 Å². The van der Waals surface area contributed by atoms with Crippen LogP contribution in [0.3, 0.4) is 0 Å². The van der Waals surface area contributed by atoms with Gasteiger partial charge in [-0.25, -0.2) is 0 Å². The largest absolute Gasteiger partial charge is 0.363 e. The standard InChI is InChI=1S/C31H50N2O5/c1-24(2)16-30(17-25(3,4)32-24)35-19-29(20-36-30)21-37-31(38-22-29)18-26(5,6)33-27(7,8)28(31,9)34-15-23-13-11-10-12-14-23/h10-14,32-33H,15-22H2,1-9H3. The third kappa shape index (κ3) is 5.09. The van der Waals surface area contributed by atoms with Gasteiger partial charge in [-0.3, -0.25) is 0 Å². The van der Waals surface area contributed by atoms with Gasteiger partial charge in [0, 0.05) is 41.4 Å². The molecule has 0 radical (unpaired) electrons. The third-order valence-electron chi connectivity index (χ3n) is 9.22. The maximum absolute atomic E-state index is 6.87. The Morgan fingerprint density at radius 1 is 0.658 bits per heavy atom. The van der Waals surface area contributed by atoms with E-state index >= 15 is 0 Å². The maximum Gasteiger partial charge on any atom is 0.200 e. The van der Waals surface area contributed by atoms with Crippen molar-refractivity contribution in [1.82, 2.24) is 10.6 Å². The third-order valence-corrected chi connectivity index (χ3v) is 9.22. The van der Waals surface area contributed by atoms with Crippen molar-refractivity contribution in [2.75, 3.05) is 26.4 Å². The van der Waals surface area contributed by atoms with Crippen molar-refractivity contribution >= 4 is 0 Å². The summed E-state index contributed by atoms with van der Waals surface area (Å²) < 4.78 is 33.8. The minimum absolute atomic E-state index is 0.0694. The molecule has 1 atom stereocenters. The summed E-state index contributed by atoms with van der Waals surface area (Å²) in [6.45, 7) is 22.4. The van der Waals surface area contributed by atoms with E-state index in [-0.39, 0.29) is 22.0 Å². The predicted octanol–water partition coefficient (Wildman–Crippen LogP) is 4.93. The minimum Gasteiger partial charge on any atom is -0.363 e. The van der Waals surface area contributed by atoms with Gasteiger partial charge >= 0.3 is 0 Å². The Kier molecular flexibility index (Phi) is 6.72. The fourth-order valence-electron chi connectivity index (χ4n) is 7.77. The van der Waals surface area contributed by atoms with Gasteiger partial charge in [-0.15, -0.1) is 0 Å². The summed E-state index contributed by atoms with van der Waals surface area (Å²) in [6, 6.07) is 10.3. The summed E-state index contributed by atoms with van der Waals surface area (Å²) >= 11 is 0. The second-order valence-electron chi connectivity index (χ2n) is 15.2. The number of hydrogen-bond donors (Lipinski definition) is 2. The molecule has 0 aliphatic carbocycles. The molecule has 0 bridgehead atoms. The molecule has 7 nitrogen and oxygen atoms in total. The zero-order chi connectivity index (χ0) is 27.7. The molecule has 5 rings (SSSR count). The Hall–Kier alpha value is -1.06. The highest BCUT2D eigenvalue weighted by molar-refractivity contribution is 5.19. The molecule has 4 heterocycles. The summed E-state index contributed by atoms with van der Waals surface area (Å²) in [6.07, 6.45) is 2.29. The average Bonchev–Trinajstić information content (AvgIpc) is 2.78. The molecular formula is C31H50N2O5. The lowest BCUT2D eigenvalue weighted by molar-refractivity contribution is -0.426. The number of rotatable bonds is 3. The molecule has 214 valence electrons. The highest BCUT2D eigenvalue weighted by Gasteiger charge is 2.68. The molecule has 1 aromatic carbocycles.